The van der Waals surface area contributed by atoms with Crippen molar-refractivity contribution in [2.45, 2.75) is 130 Å². The maximum Gasteiger partial charge on any atom is 0.302 e. The van der Waals surface area contributed by atoms with Gasteiger partial charge in [0.05, 0.1) is 17.8 Å². The first kappa shape index (κ1) is 27.4. The van der Waals surface area contributed by atoms with Gasteiger partial charge in [0, 0.05) is 24.7 Å². The molecule has 3 N–H and O–H groups in total. The van der Waals surface area contributed by atoms with Gasteiger partial charge in [0.25, 0.3) is 0 Å². The third kappa shape index (κ3) is 4.40. The van der Waals surface area contributed by atoms with Gasteiger partial charge in [-0.25, -0.2) is 0 Å². The average molecular weight is 493 g/mol. The maximum absolute atomic E-state index is 12.3. The Morgan fingerprint density at radius 2 is 1.71 bits per heavy atom. The molecule has 202 valence electrons. The van der Waals surface area contributed by atoms with Crippen molar-refractivity contribution in [2.75, 3.05) is 0 Å². The summed E-state index contributed by atoms with van der Waals surface area (Å²) in [5, 5.41) is 33.6. The molecule has 12 atom stereocenters. The Morgan fingerprint density at radius 1 is 1.03 bits per heavy atom. The molecule has 4 unspecified atom stereocenters. The highest BCUT2D eigenvalue weighted by Crippen LogP contribution is 2.69. The predicted octanol–water partition coefficient (Wildman–Crippen LogP) is 5.34. The Labute approximate surface area is 213 Å². The number of esters is 1. The Balaban J connectivity index is 1.65. The molecule has 0 aromatic heterocycles. The number of aliphatic hydroxyl groups is 3. The fourth-order valence-electron chi connectivity index (χ4n) is 9.70. The zero-order valence-corrected chi connectivity index (χ0v) is 23.3. The van der Waals surface area contributed by atoms with Crippen molar-refractivity contribution in [3.05, 3.63) is 0 Å². The summed E-state index contributed by atoms with van der Waals surface area (Å²) in [5.41, 5.74) is -1.84. The average Bonchev–Trinajstić information content (AvgIpc) is 3.10. The van der Waals surface area contributed by atoms with E-state index in [9.17, 15) is 20.1 Å². The minimum absolute atomic E-state index is 0.0143. The summed E-state index contributed by atoms with van der Waals surface area (Å²) >= 11 is 0. The molecule has 0 saturated heterocycles. The van der Waals surface area contributed by atoms with E-state index in [1.54, 1.807) is 0 Å². The van der Waals surface area contributed by atoms with Crippen LogP contribution < -0.4 is 0 Å². The molecular weight excluding hydrogens is 440 g/mol. The van der Waals surface area contributed by atoms with E-state index >= 15 is 0 Å². The second kappa shape index (κ2) is 9.58. The molecule has 0 heterocycles. The van der Waals surface area contributed by atoms with Crippen LogP contribution in [-0.4, -0.2) is 45.2 Å². The lowest BCUT2D eigenvalue weighted by molar-refractivity contribution is -0.284. The van der Waals surface area contributed by atoms with Crippen molar-refractivity contribution in [1.29, 1.82) is 0 Å². The lowest BCUT2D eigenvalue weighted by Crippen LogP contribution is -2.71. The zero-order chi connectivity index (χ0) is 25.9. The SMILES string of the molecule is CC(=O)OC1C[C@]2(C)[C@@H]([C@H](C)CC[C@H](C)C(C)C)CC[C@H]2[C@@H]2CC(O)C3(O)CC(O)CC[C@]3(C)[C@@H]12. The van der Waals surface area contributed by atoms with Crippen molar-refractivity contribution in [1.82, 2.24) is 0 Å². The van der Waals surface area contributed by atoms with Gasteiger partial charge in [-0.05, 0) is 79.4 Å². The van der Waals surface area contributed by atoms with Crippen LogP contribution in [0.4, 0.5) is 0 Å². The lowest BCUT2D eigenvalue weighted by Gasteiger charge is -2.66. The van der Waals surface area contributed by atoms with Crippen molar-refractivity contribution in [3.8, 4) is 0 Å². The molecule has 0 aromatic rings. The molecule has 0 aromatic carbocycles. The topological polar surface area (TPSA) is 87.0 Å². The van der Waals surface area contributed by atoms with Gasteiger partial charge in [-0.1, -0.05) is 54.4 Å². The van der Waals surface area contributed by atoms with Crippen molar-refractivity contribution >= 4 is 5.97 Å². The molecule has 0 bridgehead atoms. The molecule has 4 aliphatic rings. The summed E-state index contributed by atoms with van der Waals surface area (Å²) in [6.07, 6.45) is 6.00. The summed E-state index contributed by atoms with van der Waals surface area (Å²) in [4.78, 5) is 12.3. The fourth-order valence-corrected chi connectivity index (χ4v) is 9.70. The summed E-state index contributed by atoms with van der Waals surface area (Å²) < 4.78 is 6.12. The summed E-state index contributed by atoms with van der Waals surface area (Å²) in [6, 6.07) is 0. The van der Waals surface area contributed by atoms with Gasteiger partial charge in [-0.2, -0.15) is 0 Å². The van der Waals surface area contributed by atoms with Crippen LogP contribution in [-0.2, 0) is 9.53 Å². The summed E-state index contributed by atoms with van der Waals surface area (Å²) in [5.74, 6) is 3.09. The molecule has 4 saturated carbocycles. The summed E-state index contributed by atoms with van der Waals surface area (Å²) in [6.45, 7) is 15.5. The maximum atomic E-state index is 12.3. The number of fused-ring (bicyclic) bond motifs is 5. The van der Waals surface area contributed by atoms with Gasteiger partial charge in [0.2, 0.25) is 0 Å². The molecule has 35 heavy (non-hydrogen) atoms. The molecule has 0 aliphatic heterocycles. The third-order valence-electron chi connectivity index (χ3n) is 12.0. The highest BCUT2D eigenvalue weighted by molar-refractivity contribution is 5.66. The van der Waals surface area contributed by atoms with Gasteiger partial charge in [0.1, 0.15) is 6.10 Å². The van der Waals surface area contributed by atoms with Crippen LogP contribution in [0.3, 0.4) is 0 Å². The molecule has 5 nitrogen and oxygen atoms in total. The van der Waals surface area contributed by atoms with Gasteiger partial charge >= 0.3 is 5.97 Å². The number of rotatable bonds is 6. The molecule has 0 spiro atoms. The van der Waals surface area contributed by atoms with Gasteiger partial charge in [0.15, 0.2) is 0 Å². The van der Waals surface area contributed by atoms with Crippen LogP contribution in [0.25, 0.3) is 0 Å². The van der Waals surface area contributed by atoms with Crippen LogP contribution in [0.2, 0.25) is 0 Å². The largest absolute Gasteiger partial charge is 0.462 e. The normalized spacial score (nSPS) is 49.1. The van der Waals surface area contributed by atoms with Gasteiger partial charge in [-0.15, -0.1) is 0 Å². The van der Waals surface area contributed by atoms with E-state index in [0.717, 1.165) is 18.8 Å². The van der Waals surface area contributed by atoms with Crippen LogP contribution in [0, 0.1) is 52.3 Å². The highest BCUT2D eigenvalue weighted by atomic mass is 16.5. The molecule has 5 heteroatoms. The van der Waals surface area contributed by atoms with Gasteiger partial charge < -0.3 is 20.1 Å². The van der Waals surface area contributed by atoms with E-state index in [0.29, 0.717) is 42.9 Å². The predicted molar refractivity (Wildman–Crippen MR) is 137 cm³/mol. The van der Waals surface area contributed by atoms with Crippen molar-refractivity contribution in [2.24, 2.45) is 52.3 Å². The second-order valence-corrected chi connectivity index (χ2v) is 14.1. The number of hydrogen-bond donors (Lipinski definition) is 3. The fraction of sp³-hybridized carbons (Fsp3) is 0.967. The Kier molecular flexibility index (Phi) is 7.50. The quantitative estimate of drug-likeness (QED) is 0.436. The summed E-state index contributed by atoms with van der Waals surface area (Å²) in [7, 11) is 0. The molecular formula is C30H52O5. The van der Waals surface area contributed by atoms with Crippen LogP contribution >= 0.6 is 0 Å². The first-order valence-electron chi connectivity index (χ1n) is 14.5. The number of aliphatic hydroxyl groups excluding tert-OH is 2. The molecule has 4 aliphatic carbocycles. The van der Waals surface area contributed by atoms with E-state index in [1.807, 2.05) is 0 Å². The van der Waals surface area contributed by atoms with Crippen LogP contribution in [0.5, 0.6) is 0 Å². The van der Waals surface area contributed by atoms with E-state index in [1.165, 1.54) is 26.2 Å². The first-order valence-corrected chi connectivity index (χ1v) is 14.5. The van der Waals surface area contributed by atoms with E-state index in [-0.39, 0.29) is 35.7 Å². The first-order chi connectivity index (χ1) is 16.2. The molecule has 0 radical (unpaired) electrons. The number of hydrogen-bond acceptors (Lipinski definition) is 5. The van der Waals surface area contributed by atoms with Crippen LogP contribution in [0.1, 0.15) is 106 Å². The second-order valence-electron chi connectivity index (χ2n) is 14.1. The number of ether oxygens (including phenoxy) is 1. The monoisotopic (exact) mass is 492 g/mol. The van der Waals surface area contributed by atoms with E-state index in [2.05, 4.69) is 41.5 Å². The van der Waals surface area contributed by atoms with E-state index < -0.39 is 23.2 Å². The number of carbonyl (C=O) groups excluding carboxylic acids is 1. The van der Waals surface area contributed by atoms with E-state index in [4.69, 9.17) is 4.74 Å². The standard InChI is InChI=1S/C30H52O5/c1-17(2)18(3)8-9-19(4)23-10-11-24-22-14-26(33)30(34)15-21(32)12-13-29(30,7)27(22)25(35-20(5)31)16-28(23,24)6/h17-19,21-27,32-34H,8-16H2,1-7H3/t18-,19+,21?,22-,23+,24-,25?,26?,27+,28+,29+,30?/m0/s1. The third-order valence-corrected chi connectivity index (χ3v) is 12.0. The number of carbonyl (C=O) groups is 1. The van der Waals surface area contributed by atoms with Gasteiger partial charge in [-0.3, -0.25) is 4.79 Å². The minimum atomic E-state index is -1.34. The lowest BCUT2D eigenvalue weighted by atomic mass is 9.41. The Hall–Kier alpha value is -0.650. The minimum Gasteiger partial charge on any atom is -0.462 e. The molecule has 0 amide bonds. The van der Waals surface area contributed by atoms with Crippen molar-refractivity contribution < 1.29 is 24.9 Å². The van der Waals surface area contributed by atoms with Crippen molar-refractivity contribution in [3.63, 3.8) is 0 Å². The Bertz CT molecular complexity index is 783. The van der Waals surface area contributed by atoms with Crippen LogP contribution in [0.15, 0.2) is 0 Å². The smallest absolute Gasteiger partial charge is 0.302 e. The Morgan fingerprint density at radius 3 is 2.34 bits per heavy atom. The zero-order valence-electron chi connectivity index (χ0n) is 23.3. The highest BCUT2D eigenvalue weighted by Gasteiger charge is 2.70. The molecule has 4 fully saturated rings. The molecule has 4 rings (SSSR count).